The number of nitrogens with one attached hydrogen (secondary N) is 1. The normalized spacial score (nSPS) is 11.1. The topological polar surface area (TPSA) is 42.7 Å². The van der Waals surface area contributed by atoms with Crippen molar-refractivity contribution < 1.29 is 0 Å². The molecule has 1 N–H and O–H groups in total. The second-order valence-corrected chi connectivity index (χ2v) is 3.49. The van der Waals surface area contributed by atoms with E-state index in [4.69, 9.17) is 0 Å². The molecule has 0 unspecified atom stereocenters. The van der Waals surface area contributed by atoms with Crippen LogP contribution >= 0.6 is 0 Å². The van der Waals surface area contributed by atoms with Crippen LogP contribution < -0.4 is 5.32 Å². The van der Waals surface area contributed by atoms with Gasteiger partial charge in [-0.05, 0) is 20.0 Å². The molecule has 4 nitrogen and oxygen atoms in total. The maximum Gasteiger partial charge on any atom is 0.111 e. The lowest BCUT2D eigenvalue weighted by Gasteiger charge is -2.04. The van der Waals surface area contributed by atoms with Crippen molar-refractivity contribution in [3.8, 4) is 0 Å². The number of imidazole rings is 1. The molecule has 2 aromatic heterocycles. The Labute approximate surface area is 89.3 Å². The molecule has 0 aliphatic rings. The summed E-state index contributed by atoms with van der Waals surface area (Å²) >= 11 is 0. The van der Waals surface area contributed by atoms with Crippen LogP contribution in [-0.2, 0) is 13.0 Å². The SMILES string of the molecule is CCn1c(CCNC)nc2cnccc21. The van der Waals surface area contributed by atoms with Gasteiger partial charge in [0, 0.05) is 25.7 Å². The quantitative estimate of drug-likeness (QED) is 0.814. The summed E-state index contributed by atoms with van der Waals surface area (Å²) in [7, 11) is 1.96. The van der Waals surface area contributed by atoms with Crippen LogP contribution in [0, 0.1) is 0 Å². The third-order valence-corrected chi connectivity index (χ3v) is 2.54. The van der Waals surface area contributed by atoms with Crippen molar-refractivity contribution in [2.45, 2.75) is 19.9 Å². The van der Waals surface area contributed by atoms with E-state index in [9.17, 15) is 0 Å². The van der Waals surface area contributed by atoms with Gasteiger partial charge in [0.1, 0.15) is 11.3 Å². The molecule has 0 radical (unpaired) electrons. The molecule has 0 aliphatic heterocycles. The molecule has 0 saturated heterocycles. The highest BCUT2D eigenvalue weighted by Gasteiger charge is 2.07. The van der Waals surface area contributed by atoms with Crippen LogP contribution in [-0.4, -0.2) is 28.1 Å². The minimum absolute atomic E-state index is 0.955. The van der Waals surface area contributed by atoms with Crippen molar-refractivity contribution in [2.24, 2.45) is 0 Å². The van der Waals surface area contributed by atoms with E-state index in [1.807, 2.05) is 25.5 Å². The number of hydrogen-bond acceptors (Lipinski definition) is 3. The fourth-order valence-electron chi connectivity index (χ4n) is 1.81. The molecule has 15 heavy (non-hydrogen) atoms. The van der Waals surface area contributed by atoms with Crippen LogP contribution in [0.2, 0.25) is 0 Å². The van der Waals surface area contributed by atoms with Gasteiger partial charge in [0.15, 0.2) is 0 Å². The number of aromatic nitrogens is 3. The zero-order valence-corrected chi connectivity index (χ0v) is 9.20. The molecule has 0 spiro atoms. The van der Waals surface area contributed by atoms with Crippen LogP contribution in [0.5, 0.6) is 0 Å². The Morgan fingerprint density at radius 3 is 3.07 bits per heavy atom. The lowest BCUT2D eigenvalue weighted by atomic mass is 10.4. The van der Waals surface area contributed by atoms with Gasteiger partial charge in [0.2, 0.25) is 0 Å². The van der Waals surface area contributed by atoms with Gasteiger partial charge in [-0.25, -0.2) is 4.98 Å². The number of hydrogen-bond donors (Lipinski definition) is 1. The number of aryl methyl sites for hydroxylation is 1. The maximum absolute atomic E-state index is 4.58. The van der Waals surface area contributed by atoms with Gasteiger partial charge in [-0.2, -0.15) is 0 Å². The van der Waals surface area contributed by atoms with Crippen LogP contribution in [0.3, 0.4) is 0 Å². The summed E-state index contributed by atoms with van der Waals surface area (Å²) in [6.07, 6.45) is 4.60. The highest BCUT2D eigenvalue weighted by Crippen LogP contribution is 2.14. The summed E-state index contributed by atoms with van der Waals surface area (Å²) in [6.45, 7) is 4.06. The lowest BCUT2D eigenvalue weighted by molar-refractivity contribution is 0.681. The lowest BCUT2D eigenvalue weighted by Crippen LogP contribution is -2.13. The van der Waals surface area contributed by atoms with E-state index in [-0.39, 0.29) is 0 Å². The third kappa shape index (κ3) is 1.85. The van der Waals surface area contributed by atoms with Gasteiger partial charge >= 0.3 is 0 Å². The van der Waals surface area contributed by atoms with Crippen LogP contribution in [0.15, 0.2) is 18.5 Å². The number of likely N-dealkylation sites (N-methyl/N-ethyl adjacent to an activating group) is 1. The monoisotopic (exact) mass is 204 g/mol. The van der Waals surface area contributed by atoms with E-state index in [0.717, 1.165) is 30.9 Å². The van der Waals surface area contributed by atoms with E-state index in [0.29, 0.717) is 0 Å². The number of pyridine rings is 1. The minimum Gasteiger partial charge on any atom is -0.328 e. The van der Waals surface area contributed by atoms with Crippen molar-refractivity contribution in [1.29, 1.82) is 0 Å². The average molecular weight is 204 g/mol. The molecule has 0 aliphatic carbocycles. The molecule has 2 heterocycles. The fraction of sp³-hybridized carbons (Fsp3) is 0.455. The Morgan fingerprint density at radius 1 is 1.47 bits per heavy atom. The molecule has 2 aromatic rings. The van der Waals surface area contributed by atoms with E-state index >= 15 is 0 Å². The molecular weight excluding hydrogens is 188 g/mol. The van der Waals surface area contributed by atoms with Crippen LogP contribution in [0.25, 0.3) is 11.0 Å². The molecular formula is C11H16N4. The van der Waals surface area contributed by atoms with E-state index in [1.54, 1.807) is 0 Å². The fourth-order valence-corrected chi connectivity index (χ4v) is 1.81. The van der Waals surface area contributed by atoms with E-state index < -0.39 is 0 Å². The summed E-state index contributed by atoms with van der Waals surface area (Å²) < 4.78 is 2.24. The third-order valence-electron chi connectivity index (χ3n) is 2.54. The zero-order chi connectivity index (χ0) is 10.7. The summed E-state index contributed by atoms with van der Waals surface area (Å²) in [5.41, 5.74) is 2.17. The van der Waals surface area contributed by atoms with Crippen molar-refractivity contribution >= 4 is 11.0 Å². The summed E-state index contributed by atoms with van der Waals surface area (Å²) in [4.78, 5) is 8.67. The second kappa shape index (κ2) is 4.40. The predicted octanol–water partition coefficient (Wildman–Crippen LogP) is 1.21. The van der Waals surface area contributed by atoms with Gasteiger partial charge in [-0.3, -0.25) is 4.98 Å². The highest BCUT2D eigenvalue weighted by molar-refractivity contribution is 5.74. The molecule has 0 amide bonds. The van der Waals surface area contributed by atoms with Gasteiger partial charge in [0.25, 0.3) is 0 Å². The first-order chi connectivity index (χ1) is 7.36. The maximum atomic E-state index is 4.58. The van der Waals surface area contributed by atoms with Crippen molar-refractivity contribution in [2.75, 3.05) is 13.6 Å². The van der Waals surface area contributed by atoms with E-state index in [2.05, 4.69) is 26.8 Å². The molecule has 80 valence electrons. The van der Waals surface area contributed by atoms with Crippen LogP contribution in [0.1, 0.15) is 12.7 Å². The molecule has 0 bridgehead atoms. The first-order valence-electron chi connectivity index (χ1n) is 5.30. The minimum atomic E-state index is 0.955. The van der Waals surface area contributed by atoms with Crippen molar-refractivity contribution in [3.63, 3.8) is 0 Å². The molecule has 0 aromatic carbocycles. The Hall–Kier alpha value is -1.42. The van der Waals surface area contributed by atoms with E-state index in [1.165, 1.54) is 5.52 Å². The largest absolute Gasteiger partial charge is 0.328 e. The zero-order valence-electron chi connectivity index (χ0n) is 9.20. The standard InChI is InChI=1S/C11H16N4/c1-3-15-10-4-7-13-8-9(10)14-11(15)5-6-12-2/h4,7-8,12H,3,5-6H2,1-2H3. The first kappa shape index (κ1) is 10.1. The smallest absolute Gasteiger partial charge is 0.111 e. The summed E-state index contributed by atoms with van der Waals surface area (Å²) in [5, 5.41) is 3.14. The van der Waals surface area contributed by atoms with Crippen molar-refractivity contribution in [1.82, 2.24) is 19.9 Å². The number of rotatable bonds is 4. The first-order valence-corrected chi connectivity index (χ1v) is 5.30. The Kier molecular flexibility index (Phi) is 2.97. The summed E-state index contributed by atoms with van der Waals surface area (Å²) in [5.74, 6) is 1.13. The Morgan fingerprint density at radius 2 is 2.33 bits per heavy atom. The van der Waals surface area contributed by atoms with Gasteiger partial charge in [0.05, 0.1) is 11.7 Å². The Balaban J connectivity index is 2.44. The second-order valence-electron chi connectivity index (χ2n) is 3.49. The highest BCUT2D eigenvalue weighted by atomic mass is 15.1. The van der Waals surface area contributed by atoms with Gasteiger partial charge in [-0.15, -0.1) is 0 Å². The molecule has 4 heteroatoms. The average Bonchev–Trinajstić information content (AvgIpc) is 2.63. The number of nitrogens with zero attached hydrogens (tertiary/aromatic N) is 3. The van der Waals surface area contributed by atoms with Crippen LogP contribution in [0.4, 0.5) is 0 Å². The molecule has 0 atom stereocenters. The molecule has 2 rings (SSSR count). The Bertz CT molecular complexity index is 447. The summed E-state index contributed by atoms with van der Waals surface area (Å²) in [6, 6.07) is 2.02. The van der Waals surface area contributed by atoms with Gasteiger partial charge < -0.3 is 9.88 Å². The van der Waals surface area contributed by atoms with Crippen molar-refractivity contribution in [3.05, 3.63) is 24.3 Å². The molecule has 0 saturated carbocycles. The predicted molar refractivity (Wildman–Crippen MR) is 60.8 cm³/mol. The molecule has 0 fully saturated rings. The van der Waals surface area contributed by atoms with Gasteiger partial charge in [-0.1, -0.05) is 0 Å². The number of fused-ring (bicyclic) bond motifs is 1.